The molecule has 1 rings (SSSR count). The van der Waals surface area contributed by atoms with E-state index in [1.807, 2.05) is 0 Å². The zero-order valence-corrected chi connectivity index (χ0v) is 19.8. The molecule has 0 aliphatic heterocycles. The van der Waals surface area contributed by atoms with Crippen LogP contribution in [0.4, 0.5) is 0 Å². The number of rotatable bonds is 3. The number of thiocarbonyl (C=S) groups is 1. The molecule has 1 aromatic carbocycles. The van der Waals surface area contributed by atoms with E-state index in [0.717, 1.165) is 6.08 Å². The summed E-state index contributed by atoms with van der Waals surface area (Å²) in [5, 5.41) is 0.581. The van der Waals surface area contributed by atoms with Crippen molar-refractivity contribution in [2.24, 2.45) is 5.73 Å². The zero-order chi connectivity index (χ0) is 14.4. The van der Waals surface area contributed by atoms with Crippen molar-refractivity contribution in [1.29, 1.82) is 0 Å². The summed E-state index contributed by atoms with van der Waals surface area (Å²) in [6, 6.07) is 5.07. The number of ether oxygens (including phenoxy) is 1. The molecule has 100 valence electrons. The van der Waals surface area contributed by atoms with Crippen LogP contribution in [0.1, 0.15) is 5.56 Å². The van der Waals surface area contributed by atoms with E-state index in [-0.39, 0.29) is 103 Å². The van der Waals surface area contributed by atoms with Crippen LogP contribution in [0.15, 0.2) is 24.3 Å². The Balaban J connectivity index is -0.000000162. The topological polar surface area (TPSA) is 52.3 Å². The summed E-state index contributed by atoms with van der Waals surface area (Å²) in [6.07, 6.45) is 5.47. The number of hydrogen-bond donors (Lipinski definition) is 1. The summed E-state index contributed by atoms with van der Waals surface area (Å²) in [5.74, 6) is 4.67. The molecule has 0 aliphatic carbocycles. The van der Waals surface area contributed by atoms with Gasteiger partial charge in [-0.05, 0) is 12.0 Å². The summed E-state index contributed by atoms with van der Waals surface area (Å²) in [6.45, 7) is 3.76. The van der Waals surface area contributed by atoms with E-state index in [0.29, 0.717) is 22.9 Å². The molecule has 7 heteroatoms. The van der Waals surface area contributed by atoms with Gasteiger partial charge in [0.1, 0.15) is 0 Å². The van der Waals surface area contributed by atoms with Crippen LogP contribution in [0.5, 0.6) is 5.75 Å². The number of nitrogens with two attached hydrogens (primary N) is 1. The third-order valence-corrected chi connectivity index (χ3v) is 1.69. The molecule has 0 bridgehead atoms. The summed E-state index contributed by atoms with van der Waals surface area (Å²) < 4.78 is 5.03. The number of halogens is 1. The minimum absolute atomic E-state index is 0. The van der Waals surface area contributed by atoms with Gasteiger partial charge in [0.25, 0.3) is 0 Å². The van der Waals surface area contributed by atoms with E-state index in [4.69, 9.17) is 22.1 Å². The van der Waals surface area contributed by atoms with Crippen LogP contribution in [0, 0.1) is 13.0 Å². The summed E-state index contributed by atoms with van der Waals surface area (Å²) in [5.41, 5.74) is 5.41. The molecule has 0 radical (unpaired) electrons. The predicted molar refractivity (Wildman–Crippen MR) is 78.7 cm³/mol. The monoisotopic (exact) mass is 361 g/mol. The molecule has 20 heavy (non-hydrogen) atoms. The summed E-state index contributed by atoms with van der Waals surface area (Å²) in [4.78, 5) is 9.93. The van der Waals surface area contributed by atoms with Crippen molar-refractivity contribution in [3.05, 3.63) is 47.9 Å². The van der Waals surface area contributed by atoms with E-state index in [1.165, 1.54) is 7.11 Å². The maximum atomic E-state index is 9.93. The van der Waals surface area contributed by atoms with E-state index in [1.54, 1.807) is 24.5 Å². The van der Waals surface area contributed by atoms with Crippen LogP contribution in [-0.2, 0) is 4.79 Å². The average Bonchev–Trinajstić information content (AvgIpc) is 2.40. The first-order valence-corrected chi connectivity index (χ1v) is 5.56. The summed E-state index contributed by atoms with van der Waals surface area (Å²) in [7, 11) is 1.53. The third-order valence-electron chi connectivity index (χ3n) is 1.45. The minimum atomic E-state index is 0. The van der Waals surface area contributed by atoms with Crippen molar-refractivity contribution in [2.75, 3.05) is 13.7 Å². The normalized spacial score (nSPS) is 7.80. The number of carbonyl (C=O) groups excluding carboxylic acids is 1. The van der Waals surface area contributed by atoms with Gasteiger partial charge in [-0.2, -0.15) is 0 Å². The molecule has 0 atom stereocenters. The first-order valence-electron chi connectivity index (χ1n) is 4.71. The van der Waals surface area contributed by atoms with Gasteiger partial charge in [-0.15, -0.1) is 12.6 Å². The van der Waals surface area contributed by atoms with Gasteiger partial charge in [-0.1, -0.05) is 17.7 Å². The van der Waals surface area contributed by atoms with Gasteiger partial charge in [0.2, 0.25) is 0 Å². The molecule has 0 aliphatic rings. The number of allylic oxidation sites excluding steroid dienone is 1. The molecule has 0 amide bonds. The molecular weight excluding hydrogens is 348 g/mol. The Labute approximate surface area is 216 Å². The molecule has 0 fully saturated rings. The standard InChI is InChI=1S/C10H7ClO2.C2H6N.CHS.2K/c1-13-10-7-9(11)5-4-8(10)3-2-6-12;1-2-3;1-2;;/h2,4-5,7H,1H3;1-3H2;1H;;/q-2;2*-1;2*+1. The van der Waals surface area contributed by atoms with Crippen molar-refractivity contribution >= 4 is 36.0 Å². The van der Waals surface area contributed by atoms with Crippen LogP contribution >= 0.6 is 23.8 Å². The van der Waals surface area contributed by atoms with Crippen LogP contribution in [0.25, 0.3) is 0 Å². The van der Waals surface area contributed by atoms with Crippen LogP contribution in [0.2, 0.25) is 5.02 Å². The van der Waals surface area contributed by atoms with Crippen LogP contribution in [0.3, 0.4) is 0 Å². The fourth-order valence-corrected chi connectivity index (χ4v) is 1.05. The molecule has 0 saturated heterocycles. The van der Waals surface area contributed by atoms with Crippen molar-refractivity contribution in [1.82, 2.24) is 0 Å². The average molecular weight is 362 g/mol. The molecule has 0 spiro atoms. The van der Waals surface area contributed by atoms with E-state index >= 15 is 0 Å². The Kier molecular flexibility index (Phi) is 34.9. The maximum absolute atomic E-state index is 9.93. The molecule has 3 nitrogen and oxygen atoms in total. The van der Waals surface area contributed by atoms with Crippen LogP contribution < -0.4 is 113 Å². The Morgan fingerprint density at radius 1 is 1.50 bits per heavy atom. The minimum Gasteiger partial charge on any atom is -0.582 e. The maximum Gasteiger partial charge on any atom is 1.00 e. The van der Waals surface area contributed by atoms with Crippen LogP contribution in [-0.4, -0.2) is 25.8 Å². The number of hydrogen-bond acceptors (Lipinski definition) is 4. The second kappa shape index (κ2) is 23.3. The Hall–Kier alpha value is 2.04. The molecule has 0 unspecified atom stereocenters. The Morgan fingerprint density at radius 3 is 2.40 bits per heavy atom. The van der Waals surface area contributed by atoms with E-state index in [9.17, 15) is 4.79 Å². The first kappa shape index (κ1) is 30.0. The van der Waals surface area contributed by atoms with Gasteiger partial charge in [-0.25, -0.2) is 17.7 Å². The largest absolute Gasteiger partial charge is 1.00 e. The third kappa shape index (κ3) is 16.4. The second-order valence-corrected chi connectivity index (χ2v) is 2.98. The van der Waals surface area contributed by atoms with Crippen molar-refractivity contribution in [3.63, 3.8) is 0 Å². The fourth-order valence-electron chi connectivity index (χ4n) is 0.892. The SMILES string of the molecule is COc1cc(Cl)ccc1[C-]=C[C-]=O.[CH-]=S.[CH2-]CN.[K+].[K+]. The first-order chi connectivity index (χ1) is 8.69. The molecule has 0 saturated carbocycles. The molecule has 1 aromatic rings. The van der Waals surface area contributed by atoms with Crippen molar-refractivity contribution < 1.29 is 112 Å². The smallest absolute Gasteiger partial charge is 0.582 e. The van der Waals surface area contributed by atoms with E-state index in [2.05, 4.69) is 31.1 Å². The van der Waals surface area contributed by atoms with Gasteiger partial charge in [-0.3, -0.25) is 6.08 Å². The zero-order valence-electron chi connectivity index (χ0n) is 12.0. The number of methoxy groups -OCH3 is 1. The van der Waals surface area contributed by atoms with Gasteiger partial charge in [0.15, 0.2) is 0 Å². The van der Waals surface area contributed by atoms with Crippen molar-refractivity contribution in [3.8, 4) is 5.75 Å². The van der Waals surface area contributed by atoms with Gasteiger partial charge in [0.05, 0.1) is 7.11 Å². The molecular formula is C13H14ClK2NO2S-2. The quantitative estimate of drug-likeness (QED) is 0.262. The number of benzene rings is 1. The van der Waals surface area contributed by atoms with Gasteiger partial charge in [0, 0.05) is 5.02 Å². The van der Waals surface area contributed by atoms with Gasteiger partial charge < -0.3 is 40.3 Å². The molecule has 0 aromatic heterocycles. The predicted octanol–water partition coefficient (Wildman–Crippen LogP) is -3.55. The Morgan fingerprint density at radius 2 is 2.00 bits per heavy atom. The fraction of sp³-hybridized carbons (Fsp3) is 0.154. The molecule has 2 N–H and O–H groups in total. The summed E-state index contributed by atoms with van der Waals surface area (Å²) >= 11 is 9.32. The van der Waals surface area contributed by atoms with Crippen molar-refractivity contribution in [2.45, 2.75) is 0 Å². The van der Waals surface area contributed by atoms with E-state index < -0.39 is 0 Å². The molecule has 0 heterocycles. The Bertz CT molecular complexity index is 379. The second-order valence-electron chi connectivity index (χ2n) is 2.54. The van der Waals surface area contributed by atoms with Gasteiger partial charge >= 0.3 is 103 Å².